The van der Waals surface area contributed by atoms with Crippen LogP contribution in [-0.2, 0) is 4.74 Å². The van der Waals surface area contributed by atoms with Gasteiger partial charge in [-0.15, -0.1) is 0 Å². The largest absolute Gasteiger partial charge is 0.378 e. The Labute approximate surface area is 170 Å². The molecule has 0 atom stereocenters. The quantitative estimate of drug-likeness (QED) is 0.754. The van der Waals surface area contributed by atoms with Gasteiger partial charge in [-0.1, -0.05) is 13.8 Å². The lowest BCUT2D eigenvalue weighted by molar-refractivity contribution is 0.122. The number of morpholine rings is 1. The molecule has 2 fully saturated rings. The van der Waals surface area contributed by atoms with Gasteiger partial charge in [-0.2, -0.15) is 9.36 Å². The van der Waals surface area contributed by atoms with Gasteiger partial charge < -0.3 is 19.4 Å². The summed E-state index contributed by atoms with van der Waals surface area (Å²) in [4.78, 5) is 20.9. The number of piperidine rings is 1. The van der Waals surface area contributed by atoms with Crippen LogP contribution in [0.15, 0.2) is 12.3 Å². The van der Waals surface area contributed by atoms with E-state index in [0.717, 1.165) is 75.0 Å². The molecule has 0 aromatic carbocycles. The zero-order valence-corrected chi connectivity index (χ0v) is 17.7. The van der Waals surface area contributed by atoms with Gasteiger partial charge in [0, 0.05) is 62.9 Å². The van der Waals surface area contributed by atoms with Crippen LogP contribution in [0.5, 0.6) is 0 Å². The number of ether oxygens (including phenoxy) is 1. The Hall–Kier alpha value is -2.00. The first-order valence-corrected chi connectivity index (χ1v) is 10.9. The smallest absolute Gasteiger partial charge is 0.227 e. The topological polar surface area (TPSA) is 70.5 Å². The molecule has 4 rings (SSSR count). The number of rotatable bonds is 5. The molecule has 0 N–H and O–H groups in total. The second-order valence-corrected chi connectivity index (χ2v) is 8.46. The number of nitrogens with zero attached hydrogens (tertiary/aromatic N) is 7. The molecule has 8 nitrogen and oxygen atoms in total. The Morgan fingerprint density at radius 1 is 1.11 bits per heavy atom. The van der Waals surface area contributed by atoms with E-state index in [9.17, 15) is 0 Å². The maximum Gasteiger partial charge on any atom is 0.227 e. The molecule has 2 aromatic rings. The van der Waals surface area contributed by atoms with E-state index in [1.54, 1.807) is 0 Å². The molecule has 2 aromatic heterocycles. The monoisotopic (exact) mass is 403 g/mol. The first kappa shape index (κ1) is 19.3. The van der Waals surface area contributed by atoms with Crippen molar-refractivity contribution in [2.75, 3.05) is 61.1 Å². The lowest BCUT2D eigenvalue weighted by Crippen LogP contribution is -2.44. The molecule has 2 saturated heterocycles. The van der Waals surface area contributed by atoms with Crippen molar-refractivity contribution in [2.24, 2.45) is 0 Å². The Morgan fingerprint density at radius 2 is 1.86 bits per heavy atom. The molecule has 0 amide bonds. The second kappa shape index (κ2) is 8.57. The number of anilines is 3. The molecule has 28 heavy (non-hydrogen) atoms. The van der Waals surface area contributed by atoms with Gasteiger partial charge in [0.15, 0.2) is 0 Å². The molecule has 0 bridgehead atoms. The van der Waals surface area contributed by atoms with Crippen LogP contribution in [0.4, 0.5) is 16.9 Å². The minimum Gasteiger partial charge on any atom is -0.378 e. The maximum absolute atomic E-state index is 5.43. The average molecular weight is 404 g/mol. The van der Waals surface area contributed by atoms with Gasteiger partial charge in [0.05, 0.1) is 13.2 Å². The molecule has 4 heterocycles. The highest BCUT2D eigenvalue weighted by atomic mass is 32.1. The third kappa shape index (κ3) is 4.20. The van der Waals surface area contributed by atoms with E-state index >= 15 is 0 Å². The van der Waals surface area contributed by atoms with Crippen LogP contribution in [-0.4, -0.2) is 71.8 Å². The lowest BCUT2D eigenvalue weighted by Gasteiger charge is -2.37. The molecule has 0 unspecified atom stereocenters. The summed E-state index contributed by atoms with van der Waals surface area (Å²) in [6.07, 6.45) is 4.04. The predicted molar refractivity (Wildman–Crippen MR) is 113 cm³/mol. The maximum atomic E-state index is 5.43. The van der Waals surface area contributed by atoms with Crippen LogP contribution in [0.2, 0.25) is 0 Å². The summed E-state index contributed by atoms with van der Waals surface area (Å²) in [5, 5.41) is 1.06. The summed E-state index contributed by atoms with van der Waals surface area (Å²) in [5.41, 5.74) is 0. The molecule has 0 spiro atoms. The molecule has 2 aliphatic heterocycles. The van der Waals surface area contributed by atoms with Crippen LogP contribution in [0.25, 0.3) is 0 Å². The zero-order chi connectivity index (χ0) is 19.5. The van der Waals surface area contributed by atoms with Crippen molar-refractivity contribution in [3.05, 3.63) is 18.1 Å². The Morgan fingerprint density at radius 3 is 2.54 bits per heavy atom. The van der Waals surface area contributed by atoms with Crippen LogP contribution < -0.4 is 14.7 Å². The first-order chi connectivity index (χ1) is 13.6. The Bertz CT molecular complexity index is 769. The highest BCUT2D eigenvalue weighted by Gasteiger charge is 2.26. The van der Waals surface area contributed by atoms with Crippen molar-refractivity contribution >= 4 is 28.4 Å². The fourth-order valence-corrected chi connectivity index (χ4v) is 4.53. The van der Waals surface area contributed by atoms with Crippen molar-refractivity contribution in [3.63, 3.8) is 0 Å². The van der Waals surface area contributed by atoms with E-state index in [2.05, 4.69) is 45.0 Å². The third-order valence-electron chi connectivity index (χ3n) is 5.51. The SMILES string of the molecule is CC(C)c1nsc(N2CCC(N(C)c3ccnc(N4CCOCC4)n3)CC2)n1. The standard InChI is InChI=1S/C19H29N7OS/c1-14(2)17-22-19(28-23-17)26-8-5-15(6-9-26)24(3)16-4-7-20-18(21-16)25-10-12-27-13-11-25/h4,7,14-15H,5-6,8-13H2,1-3H3. The van der Waals surface area contributed by atoms with Gasteiger partial charge in [-0.05, 0) is 18.9 Å². The highest BCUT2D eigenvalue weighted by molar-refractivity contribution is 7.09. The second-order valence-electron chi connectivity index (χ2n) is 7.73. The van der Waals surface area contributed by atoms with Crippen molar-refractivity contribution in [2.45, 2.75) is 38.6 Å². The summed E-state index contributed by atoms with van der Waals surface area (Å²) in [6.45, 7) is 9.47. The van der Waals surface area contributed by atoms with E-state index in [1.165, 1.54) is 11.5 Å². The Kier molecular flexibility index (Phi) is 5.91. The fourth-order valence-electron chi connectivity index (χ4n) is 3.67. The van der Waals surface area contributed by atoms with Crippen LogP contribution >= 0.6 is 11.5 Å². The van der Waals surface area contributed by atoms with Gasteiger partial charge >= 0.3 is 0 Å². The normalized spacial score (nSPS) is 18.7. The van der Waals surface area contributed by atoms with E-state index < -0.39 is 0 Å². The summed E-state index contributed by atoms with van der Waals surface area (Å²) in [6, 6.07) is 2.48. The van der Waals surface area contributed by atoms with E-state index in [4.69, 9.17) is 14.7 Å². The lowest BCUT2D eigenvalue weighted by atomic mass is 10.0. The first-order valence-electron chi connectivity index (χ1n) is 10.1. The number of hydrogen-bond acceptors (Lipinski definition) is 9. The van der Waals surface area contributed by atoms with Crippen LogP contribution in [0.3, 0.4) is 0 Å². The average Bonchev–Trinajstić information content (AvgIpc) is 3.25. The minimum atomic E-state index is 0.382. The van der Waals surface area contributed by atoms with Gasteiger partial charge in [0.25, 0.3) is 0 Å². The number of hydrogen-bond donors (Lipinski definition) is 0. The van der Waals surface area contributed by atoms with Crippen molar-refractivity contribution < 1.29 is 4.74 Å². The minimum absolute atomic E-state index is 0.382. The molecular weight excluding hydrogens is 374 g/mol. The summed E-state index contributed by atoms with van der Waals surface area (Å²) < 4.78 is 9.93. The molecular formula is C19H29N7OS. The van der Waals surface area contributed by atoms with Crippen LogP contribution in [0.1, 0.15) is 38.4 Å². The Balaban J connectivity index is 1.37. The fraction of sp³-hybridized carbons (Fsp3) is 0.684. The van der Waals surface area contributed by atoms with Crippen molar-refractivity contribution in [3.8, 4) is 0 Å². The number of aromatic nitrogens is 4. The van der Waals surface area contributed by atoms with E-state index in [1.807, 2.05) is 12.3 Å². The zero-order valence-electron chi connectivity index (χ0n) is 16.9. The predicted octanol–water partition coefficient (Wildman–Crippen LogP) is 2.39. The molecule has 152 valence electrons. The van der Waals surface area contributed by atoms with Crippen molar-refractivity contribution in [1.82, 2.24) is 19.3 Å². The summed E-state index contributed by atoms with van der Waals surface area (Å²) in [5.74, 6) is 3.14. The van der Waals surface area contributed by atoms with Gasteiger partial charge in [0.1, 0.15) is 11.6 Å². The third-order valence-corrected chi connectivity index (χ3v) is 6.30. The van der Waals surface area contributed by atoms with Gasteiger partial charge in [0.2, 0.25) is 11.1 Å². The molecule has 0 radical (unpaired) electrons. The van der Waals surface area contributed by atoms with Gasteiger partial charge in [-0.25, -0.2) is 9.97 Å². The van der Waals surface area contributed by atoms with Crippen LogP contribution in [0, 0.1) is 0 Å². The molecule has 9 heteroatoms. The molecule has 0 aliphatic carbocycles. The van der Waals surface area contributed by atoms with E-state index in [-0.39, 0.29) is 0 Å². The van der Waals surface area contributed by atoms with Gasteiger partial charge in [-0.3, -0.25) is 0 Å². The highest BCUT2D eigenvalue weighted by Crippen LogP contribution is 2.27. The summed E-state index contributed by atoms with van der Waals surface area (Å²) >= 11 is 1.52. The van der Waals surface area contributed by atoms with E-state index in [0.29, 0.717) is 12.0 Å². The summed E-state index contributed by atoms with van der Waals surface area (Å²) in [7, 11) is 2.15. The van der Waals surface area contributed by atoms with Crippen molar-refractivity contribution in [1.29, 1.82) is 0 Å². The molecule has 2 aliphatic rings. The molecule has 0 saturated carbocycles.